The molecule has 1 aromatic carbocycles. The van der Waals surface area contributed by atoms with Crippen molar-refractivity contribution < 1.29 is 9.59 Å². The van der Waals surface area contributed by atoms with Crippen molar-refractivity contribution >= 4 is 28.8 Å². The second-order valence-corrected chi connectivity index (χ2v) is 6.90. The normalized spacial score (nSPS) is 14.2. The molecular formula is C18H20N2O2S. The predicted molar refractivity (Wildman–Crippen MR) is 92.6 cm³/mol. The summed E-state index contributed by atoms with van der Waals surface area (Å²) in [5.74, 6) is 0.103. The SMILES string of the molecule is CC(NC(=O)CCCc1cccs1)c1ccc2c(c1)CC(=O)N2. The fraction of sp³-hybridized carbons (Fsp3) is 0.333. The van der Waals surface area contributed by atoms with Gasteiger partial charge in [0.2, 0.25) is 11.8 Å². The summed E-state index contributed by atoms with van der Waals surface area (Å²) >= 11 is 1.73. The molecule has 1 aromatic heterocycles. The number of hydrogen-bond donors (Lipinski definition) is 2. The van der Waals surface area contributed by atoms with Crippen LogP contribution in [0.25, 0.3) is 0 Å². The van der Waals surface area contributed by atoms with Crippen LogP contribution in [0.4, 0.5) is 5.69 Å². The Labute approximate surface area is 139 Å². The number of anilines is 1. The minimum atomic E-state index is -0.0507. The van der Waals surface area contributed by atoms with E-state index < -0.39 is 0 Å². The molecule has 0 radical (unpaired) electrons. The van der Waals surface area contributed by atoms with Crippen molar-refractivity contribution in [2.45, 2.75) is 38.6 Å². The Bertz CT molecular complexity index is 710. The number of nitrogens with one attached hydrogen (secondary N) is 2. The van der Waals surface area contributed by atoms with Gasteiger partial charge < -0.3 is 10.6 Å². The largest absolute Gasteiger partial charge is 0.350 e. The summed E-state index contributed by atoms with van der Waals surface area (Å²) in [4.78, 5) is 24.8. The van der Waals surface area contributed by atoms with Crippen LogP contribution in [0.3, 0.4) is 0 Å². The molecule has 2 N–H and O–H groups in total. The summed E-state index contributed by atoms with van der Waals surface area (Å²) in [6.07, 6.45) is 2.77. The van der Waals surface area contributed by atoms with E-state index in [-0.39, 0.29) is 17.9 Å². The Balaban J connectivity index is 1.50. The molecule has 23 heavy (non-hydrogen) atoms. The van der Waals surface area contributed by atoms with Gasteiger partial charge in [-0.25, -0.2) is 0 Å². The number of aryl methyl sites for hydroxylation is 1. The first-order chi connectivity index (χ1) is 11.1. The molecule has 0 spiro atoms. The summed E-state index contributed by atoms with van der Waals surface area (Å²) in [6.45, 7) is 1.98. The van der Waals surface area contributed by atoms with Crippen LogP contribution in [-0.2, 0) is 22.4 Å². The summed E-state index contributed by atoms with van der Waals surface area (Å²) in [5.41, 5.74) is 2.92. The van der Waals surface area contributed by atoms with Crippen LogP contribution < -0.4 is 10.6 Å². The van der Waals surface area contributed by atoms with Gasteiger partial charge in [0.25, 0.3) is 0 Å². The van der Waals surface area contributed by atoms with Gasteiger partial charge in [-0.3, -0.25) is 9.59 Å². The molecule has 0 fully saturated rings. The number of rotatable bonds is 6. The molecular weight excluding hydrogens is 308 g/mol. The Hall–Kier alpha value is -2.14. The number of amides is 2. The molecule has 2 aromatic rings. The van der Waals surface area contributed by atoms with Crippen molar-refractivity contribution in [3.63, 3.8) is 0 Å². The number of benzene rings is 1. The van der Waals surface area contributed by atoms with Gasteiger partial charge in [-0.15, -0.1) is 11.3 Å². The highest BCUT2D eigenvalue weighted by atomic mass is 32.1. The highest BCUT2D eigenvalue weighted by Gasteiger charge is 2.19. The molecule has 5 heteroatoms. The van der Waals surface area contributed by atoms with Crippen LogP contribution >= 0.6 is 11.3 Å². The zero-order chi connectivity index (χ0) is 16.2. The average molecular weight is 328 g/mol. The number of fused-ring (bicyclic) bond motifs is 1. The molecule has 0 bridgehead atoms. The van der Waals surface area contributed by atoms with Crippen LogP contribution in [0, 0.1) is 0 Å². The van der Waals surface area contributed by atoms with Gasteiger partial charge in [0.05, 0.1) is 12.5 Å². The third-order valence-corrected chi connectivity index (χ3v) is 4.98. The lowest BCUT2D eigenvalue weighted by Gasteiger charge is -2.15. The molecule has 1 unspecified atom stereocenters. The standard InChI is InChI=1S/C18H20N2O2S/c1-12(13-7-8-16-14(10-13)11-18(22)20-16)19-17(21)6-2-4-15-5-3-9-23-15/h3,5,7-10,12H,2,4,6,11H2,1H3,(H,19,21)(H,20,22). The van der Waals surface area contributed by atoms with E-state index in [0.717, 1.165) is 29.7 Å². The first-order valence-electron chi connectivity index (χ1n) is 7.86. The lowest BCUT2D eigenvalue weighted by atomic mass is 10.0. The van der Waals surface area contributed by atoms with Gasteiger partial charge >= 0.3 is 0 Å². The number of carbonyl (C=O) groups excluding carboxylic acids is 2. The number of carbonyl (C=O) groups is 2. The molecule has 1 aliphatic heterocycles. The smallest absolute Gasteiger partial charge is 0.228 e. The van der Waals surface area contributed by atoms with Crippen molar-refractivity contribution in [3.05, 3.63) is 51.7 Å². The van der Waals surface area contributed by atoms with Crippen molar-refractivity contribution in [2.75, 3.05) is 5.32 Å². The molecule has 2 heterocycles. The zero-order valence-electron chi connectivity index (χ0n) is 13.1. The van der Waals surface area contributed by atoms with Gasteiger partial charge in [-0.1, -0.05) is 18.2 Å². The van der Waals surface area contributed by atoms with Crippen molar-refractivity contribution in [2.24, 2.45) is 0 Å². The fourth-order valence-electron chi connectivity index (χ4n) is 2.79. The molecule has 4 nitrogen and oxygen atoms in total. The molecule has 2 amide bonds. The van der Waals surface area contributed by atoms with Crippen LogP contribution in [0.1, 0.15) is 41.8 Å². The van der Waals surface area contributed by atoms with Crippen LogP contribution in [-0.4, -0.2) is 11.8 Å². The molecule has 0 saturated carbocycles. The third kappa shape index (κ3) is 3.99. The average Bonchev–Trinajstić information content (AvgIpc) is 3.14. The Morgan fingerprint density at radius 2 is 2.26 bits per heavy atom. The molecule has 1 atom stereocenters. The van der Waals surface area contributed by atoms with E-state index in [9.17, 15) is 9.59 Å². The van der Waals surface area contributed by atoms with E-state index >= 15 is 0 Å². The van der Waals surface area contributed by atoms with Gasteiger partial charge in [-0.2, -0.15) is 0 Å². The predicted octanol–water partition coefficient (Wildman–Crippen LogP) is 3.44. The molecule has 1 aliphatic rings. The van der Waals surface area contributed by atoms with Crippen LogP contribution in [0.2, 0.25) is 0 Å². The lowest BCUT2D eigenvalue weighted by Crippen LogP contribution is -2.26. The van der Waals surface area contributed by atoms with E-state index in [1.807, 2.05) is 31.2 Å². The topological polar surface area (TPSA) is 58.2 Å². The van der Waals surface area contributed by atoms with Crippen LogP contribution in [0.5, 0.6) is 0 Å². The molecule has 0 aliphatic carbocycles. The maximum absolute atomic E-state index is 12.1. The number of thiophene rings is 1. The fourth-order valence-corrected chi connectivity index (χ4v) is 3.54. The summed E-state index contributed by atoms with van der Waals surface area (Å²) in [6, 6.07) is 9.96. The second kappa shape index (κ2) is 6.96. The monoisotopic (exact) mass is 328 g/mol. The first-order valence-corrected chi connectivity index (χ1v) is 8.74. The Morgan fingerprint density at radius 1 is 1.39 bits per heavy atom. The maximum atomic E-state index is 12.1. The Kier molecular flexibility index (Phi) is 4.76. The minimum Gasteiger partial charge on any atom is -0.350 e. The third-order valence-electron chi connectivity index (χ3n) is 4.04. The second-order valence-electron chi connectivity index (χ2n) is 5.86. The van der Waals surface area contributed by atoms with Gasteiger partial charge in [-0.05, 0) is 48.4 Å². The molecule has 120 valence electrons. The number of hydrogen-bond acceptors (Lipinski definition) is 3. The van der Waals surface area contributed by atoms with E-state index in [1.165, 1.54) is 4.88 Å². The van der Waals surface area contributed by atoms with E-state index in [0.29, 0.717) is 12.8 Å². The van der Waals surface area contributed by atoms with Gasteiger partial charge in [0.1, 0.15) is 0 Å². The zero-order valence-corrected chi connectivity index (χ0v) is 13.9. The minimum absolute atomic E-state index is 0.0300. The first kappa shape index (κ1) is 15.7. The molecule has 3 rings (SSSR count). The highest BCUT2D eigenvalue weighted by molar-refractivity contribution is 7.09. The van der Waals surface area contributed by atoms with Crippen LogP contribution in [0.15, 0.2) is 35.7 Å². The quantitative estimate of drug-likeness (QED) is 0.853. The van der Waals surface area contributed by atoms with Crippen molar-refractivity contribution in [1.29, 1.82) is 0 Å². The lowest BCUT2D eigenvalue weighted by molar-refractivity contribution is -0.121. The van der Waals surface area contributed by atoms with E-state index in [2.05, 4.69) is 22.1 Å². The van der Waals surface area contributed by atoms with Gasteiger partial charge in [0, 0.05) is 17.0 Å². The highest BCUT2D eigenvalue weighted by Crippen LogP contribution is 2.26. The van der Waals surface area contributed by atoms with E-state index in [1.54, 1.807) is 11.3 Å². The molecule has 0 saturated heterocycles. The van der Waals surface area contributed by atoms with Crippen molar-refractivity contribution in [1.82, 2.24) is 5.32 Å². The maximum Gasteiger partial charge on any atom is 0.228 e. The summed E-state index contributed by atoms with van der Waals surface area (Å²) in [5, 5.41) is 7.92. The van der Waals surface area contributed by atoms with Gasteiger partial charge in [0.15, 0.2) is 0 Å². The van der Waals surface area contributed by atoms with Crippen molar-refractivity contribution in [3.8, 4) is 0 Å². The summed E-state index contributed by atoms with van der Waals surface area (Å²) in [7, 11) is 0. The van der Waals surface area contributed by atoms with E-state index in [4.69, 9.17) is 0 Å². The summed E-state index contributed by atoms with van der Waals surface area (Å²) < 4.78 is 0. The Morgan fingerprint density at radius 3 is 3.04 bits per heavy atom.